The standard InChI is InChI=1S/C10H12I3NO/c1-2-14-3-4-15-10-8(12)5-7(11)6-9(10)13/h5-6,14H,2-4H2,1H3. The first-order valence-corrected chi connectivity index (χ1v) is 7.86. The summed E-state index contributed by atoms with van der Waals surface area (Å²) in [7, 11) is 0. The SMILES string of the molecule is CCNCCOc1c(I)cc(I)cc1I. The molecule has 5 heteroatoms. The van der Waals surface area contributed by atoms with E-state index in [9.17, 15) is 0 Å². The third-order valence-electron chi connectivity index (χ3n) is 1.74. The minimum Gasteiger partial charge on any atom is -0.490 e. The Hall–Kier alpha value is 1.17. The van der Waals surface area contributed by atoms with E-state index < -0.39 is 0 Å². The molecule has 0 amide bonds. The normalized spacial score (nSPS) is 10.4. The lowest BCUT2D eigenvalue weighted by molar-refractivity contribution is 0.311. The van der Waals surface area contributed by atoms with Crippen molar-refractivity contribution < 1.29 is 4.74 Å². The number of nitrogens with one attached hydrogen (secondary N) is 1. The van der Waals surface area contributed by atoms with Crippen LogP contribution >= 0.6 is 67.8 Å². The quantitative estimate of drug-likeness (QED) is 0.454. The Balaban J connectivity index is 2.60. The lowest BCUT2D eigenvalue weighted by Gasteiger charge is -2.10. The number of likely N-dealkylation sites (N-methyl/N-ethyl adjacent to an activating group) is 1. The van der Waals surface area contributed by atoms with E-state index in [0.717, 1.165) is 25.4 Å². The highest BCUT2D eigenvalue weighted by Gasteiger charge is 2.07. The van der Waals surface area contributed by atoms with E-state index >= 15 is 0 Å². The molecule has 0 saturated heterocycles. The first-order chi connectivity index (χ1) is 7.15. The van der Waals surface area contributed by atoms with Crippen LogP contribution in [0.5, 0.6) is 5.75 Å². The first-order valence-electron chi connectivity index (χ1n) is 4.63. The van der Waals surface area contributed by atoms with Gasteiger partial charge in [-0.15, -0.1) is 0 Å². The van der Waals surface area contributed by atoms with E-state index in [4.69, 9.17) is 4.74 Å². The predicted molar refractivity (Wildman–Crippen MR) is 88.6 cm³/mol. The number of halogens is 3. The van der Waals surface area contributed by atoms with Gasteiger partial charge in [0.05, 0.1) is 7.14 Å². The van der Waals surface area contributed by atoms with Crippen LogP contribution in [0.3, 0.4) is 0 Å². The molecule has 0 radical (unpaired) electrons. The Morgan fingerprint density at radius 3 is 2.33 bits per heavy atom. The molecule has 0 bridgehead atoms. The van der Waals surface area contributed by atoms with Gasteiger partial charge in [-0.1, -0.05) is 6.92 Å². The predicted octanol–water partition coefficient (Wildman–Crippen LogP) is 3.49. The monoisotopic (exact) mass is 543 g/mol. The van der Waals surface area contributed by atoms with Crippen molar-refractivity contribution in [1.82, 2.24) is 5.32 Å². The zero-order valence-corrected chi connectivity index (χ0v) is 14.8. The maximum absolute atomic E-state index is 5.74. The van der Waals surface area contributed by atoms with Gasteiger partial charge in [-0.25, -0.2) is 0 Å². The van der Waals surface area contributed by atoms with Gasteiger partial charge in [0.25, 0.3) is 0 Å². The second-order valence-corrected chi connectivity index (χ2v) is 6.47. The summed E-state index contributed by atoms with van der Waals surface area (Å²) in [5.41, 5.74) is 0. The van der Waals surface area contributed by atoms with E-state index in [-0.39, 0.29) is 0 Å². The summed E-state index contributed by atoms with van der Waals surface area (Å²) < 4.78 is 9.36. The summed E-state index contributed by atoms with van der Waals surface area (Å²) in [5, 5.41) is 3.24. The second kappa shape index (κ2) is 7.49. The van der Waals surface area contributed by atoms with Crippen LogP contribution in [0.25, 0.3) is 0 Å². The molecule has 0 atom stereocenters. The molecule has 1 N–H and O–H groups in total. The van der Waals surface area contributed by atoms with Crippen molar-refractivity contribution in [2.24, 2.45) is 0 Å². The Morgan fingerprint density at radius 2 is 1.80 bits per heavy atom. The smallest absolute Gasteiger partial charge is 0.146 e. The van der Waals surface area contributed by atoms with Gasteiger partial charge in [-0.3, -0.25) is 0 Å². The van der Waals surface area contributed by atoms with Crippen molar-refractivity contribution in [1.29, 1.82) is 0 Å². The van der Waals surface area contributed by atoms with Gasteiger partial charge in [-0.2, -0.15) is 0 Å². The van der Waals surface area contributed by atoms with Gasteiger partial charge in [0, 0.05) is 10.1 Å². The molecule has 0 aliphatic rings. The largest absolute Gasteiger partial charge is 0.490 e. The first kappa shape index (κ1) is 14.2. The molecule has 0 spiro atoms. The van der Waals surface area contributed by atoms with E-state index in [0.29, 0.717) is 0 Å². The summed E-state index contributed by atoms with van der Waals surface area (Å²) >= 11 is 6.96. The molecule has 0 unspecified atom stereocenters. The van der Waals surface area contributed by atoms with Crippen LogP contribution < -0.4 is 10.1 Å². The third kappa shape index (κ3) is 4.90. The van der Waals surface area contributed by atoms with Gasteiger partial charge < -0.3 is 10.1 Å². The highest BCUT2D eigenvalue weighted by atomic mass is 127. The summed E-state index contributed by atoms with van der Waals surface area (Å²) in [4.78, 5) is 0. The molecule has 1 aromatic carbocycles. The second-order valence-electron chi connectivity index (χ2n) is 2.90. The Bertz CT molecular complexity index is 307. The summed E-state index contributed by atoms with van der Waals surface area (Å²) in [5.74, 6) is 1.01. The van der Waals surface area contributed by atoms with Crippen LogP contribution in [0.2, 0.25) is 0 Å². The fourth-order valence-electron chi connectivity index (χ4n) is 1.07. The zero-order valence-electron chi connectivity index (χ0n) is 8.32. The van der Waals surface area contributed by atoms with Gasteiger partial charge in [0.2, 0.25) is 0 Å². The third-order valence-corrected chi connectivity index (χ3v) is 3.96. The van der Waals surface area contributed by atoms with Gasteiger partial charge in [-0.05, 0) is 86.5 Å². The molecule has 15 heavy (non-hydrogen) atoms. The summed E-state index contributed by atoms with van der Waals surface area (Å²) in [6.07, 6.45) is 0. The molecular formula is C10H12I3NO. The Morgan fingerprint density at radius 1 is 1.20 bits per heavy atom. The summed E-state index contributed by atoms with van der Waals surface area (Å²) in [6, 6.07) is 4.26. The molecule has 0 aromatic heterocycles. The molecule has 0 heterocycles. The highest BCUT2D eigenvalue weighted by molar-refractivity contribution is 14.1. The lowest BCUT2D eigenvalue weighted by Crippen LogP contribution is -2.20. The number of hydrogen-bond donors (Lipinski definition) is 1. The average Bonchev–Trinajstić information content (AvgIpc) is 2.15. The van der Waals surface area contributed by atoms with Crippen LogP contribution in [0.4, 0.5) is 0 Å². The summed E-state index contributed by atoms with van der Waals surface area (Å²) in [6.45, 7) is 4.71. The van der Waals surface area contributed by atoms with Crippen molar-refractivity contribution in [3.63, 3.8) is 0 Å². The molecule has 1 aromatic rings. The molecular weight excluding hydrogens is 531 g/mol. The molecule has 0 aliphatic carbocycles. The van der Waals surface area contributed by atoms with Crippen LogP contribution in [-0.4, -0.2) is 19.7 Å². The molecule has 0 aliphatic heterocycles. The van der Waals surface area contributed by atoms with Gasteiger partial charge in [0.15, 0.2) is 0 Å². The lowest BCUT2D eigenvalue weighted by atomic mass is 10.3. The molecule has 0 fully saturated rings. The minimum absolute atomic E-state index is 0.723. The van der Waals surface area contributed by atoms with E-state index in [2.05, 4.69) is 92.1 Å². The maximum atomic E-state index is 5.74. The van der Waals surface area contributed by atoms with Crippen molar-refractivity contribution in [3.8, 4) is 5.75 Å². The number of ether oxygens (including phenoxy) is 1. The van der Waals surface area contributed by atoms with Crippen LogP contribution in [0, 0.1) is 10.7 Å². The van der Waals surface area contributed by atoms with Gasteiger partial charge >= 0.3 is 0 Å². The average molecular weight is 543 g/mol. The van der Waals surface area contributed by atoms with Gasteiger partial charge in [0.1, 0.15) is 12.4 Å². The van der Waals surface area contributed by atoms with Crippen molar-refractivity contribution in [3.05, 3.63) is 22.8 Å². The zero-order chi connectivity index (χ0) is 11.3. The van der Waals surface area contributed by atoms with Crippen LogP contribution in [-0.2, 0) is 0 Å². The number of rotatable bonds is 5. The van der Waals surface area contributed by atoms with Crippen molar-refractivity contribution in [2.45, 2.75) is 6.92 Å². The fourth-order valence-corrected chi connectivity index (χ4v) is 4.96. The Kier molecular flexibility index (Phi) is 7.10. The van der Waals surface area contributed by atoms with Crippen LogP contribution in [0.1, 0.15) is 6.92 Å². The highest BCUT2D eigenvalue weighted by Crippen LogP contribution is 2.29. The maximum Gasteiger partial charge on any atom is 0.146 e. The Labute approximate surface area is 131 Å². The van der Waals surface area contributed by atoms with E-state index in [1.165, 1.54) is 10.7 Å². The molecule has 2 nitrogen and oxygen atoms in total. The van der Waals surface area contributed by atoms with E-state index in [1.54, 1.807) is 0 Å². The topological polar surface area (TPSA) is 21.3 Å². The van der Waals surface area contributed by atoms with Crippen LogP contribution in [0.15, 0.2) is 12.1 Å². The van der Waals surface area contributed by atoms with Crippen molar-refractivity contribution in [2.75, 3.05) is 19.7 Å². The molecule has 0 saturated carbocycles. The van der Waals surface area contributed by atoms with Crippen molar-refractivity contribution >= 4 is 67.8 Å². The fraction of sp³-hybridized carbons (Fsp3) is 0.400. The van der Waals surface area contributed by atoms with E-state index in [1.807, 2.05) is 0 Å². The molecule has 84 valence electrons. The number of benzene rings is 1. The number of hydrogen-bond acceptors (Lipinski definition) is 2. The molecule has 1 rings (SSSR count). The minimum atomic E-state index is 0.723.